The molecule has 1 saturated heterocycles. The van der Waals surface area contributed by atoms with Gasteiger partial charge in [-0.05, 0) is 60.4 Å². The SMILES string of the molecule is CCC(c1cccc2c(C(=O)NC)ccnc12)C(CNc1cc(-c2ccnc(N3CCCC3=O)c2)ncn1)CSC. The topological polar surface area (TPSA) is 113 Å². The van der Waals surface area contributed by atoms with E-state index in [1.54, 1.807) is 36.7 Å². The fraction of sp³-hybridized carbons (Fsp3) is 0.355. The van der Waals surface area contributed by atoms with E-state index in [-0.39, 0.29) is 23.7 Å². The van der Waals surface area contributed by atoms with E-state index in [2.05, 4.69) is 44.8 Å². The number of hydrogen-bond acceptors (Lipinski definition) is 8. The summed E-state index contributed by atoms with van der Waals surface area (Å²) in [6, 6.07) is 13.7. The molecule has 0 spiro atoms. The minimum Gasteiger partial charge on any atom is -0.370 e. The Morgan fingerprint density at radius 1 is 1.10 bits per heavy atom. The smallest absolute Gasteiger partial charge is 0.251 e. The highest BCUT2D eigenvalue weighted by Gasteiger charge is 2.25. The molecule has 1 aromatic carbocycles. The molecule has 4 heterocycles. The van der Waals surface area contributed by atoms with Crippen LogP contribution in [0.3, 0.4) is 0 Å². The van der Waals surface area contributed by atoms with Gasteiger partial charge in [0.15, 0.2) is 0 Å². The molecule has 9 nitrogen and oxygen atoms in total. The first-order valence-electron chi connectivity index (χ1n) is 13.9. The number of aromatic nitrogens is 4. The molecular formula is C31H35N7O2S. The number of fused-ring (bicyclic) bond motifs is 1. The lowest BCUT2D eigenvalue weighted by molar-refractivity contribution is -0.117. The first kappa shape index (κ1) is 28.5. The molecule has 2 atom stereocenters. The van der Waals surface area contributed by atoms with Crippen molar-refractivity contribution in [3.05, 3.63) is 72.3 Å². The van der Waals surface area contributed by atoms with Crippen LogP contribution >= 0.6 is 11.8 Å². The Labute approximate surface area is 244 Å². The molecule has 0 radical (unpaired) electrons. The minimum absolute atomic E-state index is 0.108. The van der Waals surface area contributed by atoms with Crippen molar-refractivity contribution in [2.75, 3.05) is 42.4 Å². The predicted octanol–water partition coefficient (Wildman–Crippen LogP) is 5.16. The number of carbonyl (C=O) groups is 2. The molecule has 41 heavy (non-hydrogen) atoms. The number of rotatable bonds is 11. The Balaban J connectivity index is 1.38. The average Bonchev–Trinajstić information content (AvgIpc) is 3.45. The van der Waals surface area contributed by atoms with Crippen molar-refractivity contribution in [1.82, 2.24) is 25.3 Å². The van der Waals surface area contributed by atoms with Gasteiger partial charge in [0.25, 0.3) is 5.91 Å². The molecule has 10 heteroatoms. The van der Waals surface area contributed by atoms with Gasteiger partial charge in [0.05, 0.1) is 16.8 Å². The summed E-state index contributed by atoms with van der Waals surface area (Å²) in [4.78, 5) is 44.6. The molecule has 2 N–H and O–H groups in total. The monoisotopic (exact) mass is 569 g/mol. The highest BCUT2D eigenvalue weighted by atomic mass is 32.2. The van der Waals surface area contributed by atoms with E-state index in [1.807, 2.05) is 42.1 Å². The van der Waals surface area contributed by atoms with Gasteiger partial charge >= 0.3 is 0 Å². The zero-order valence-corrected chi connectivity index (χ0v) is 24.4. The number of para-hydroxylation sites is 1. The van der Waals surface area contributed by atoms with Crippen molar-refractivity contribution < 1.29 is 9.59 Å². The molecular weight excluding hydrogens is 534 g/mol. The second-order valence-electron chi connectivity index (χ2n) is 10.1. The quantitative estimate of drug-likeness (QED) is 0.255. The number of carbonyl (C=O) groups excluding carboxylic acids is 2. The molecule has 0 saturated carbocycles. The summed E-state index contributed by atoms with van der Waals surface area (Å²) in [6.07, 6.45) is 9.48. The van der Waals surface area contributed by atoms with Gasteiger partial charge in [-0.15, -0.1) is 0 Å². The molecule has 2 amide bonds. The Kier molecular flexibility index (Phi) is 9.08. The fourth-order valence-electron chi connectivity index (χ4n) is 5.63. The molecule has 3 aromatic heterocycles. The zero-order valence-electron chi connectivity index (χ0n) is 23.6. The zero-order chi connectivity index (χ0) is 28.8. The van der Waals surface area contributed by atoms with Crippen molar-refractivity contribution in [3.8, 4) is 11.3 Å². The lowest BCUT2D eigenvalue weighted by Gasteiger charge is -2.27. The third kappa shape index (κ3) is 6.17. The maximum Gasteiger partial charge on any atom is 0.251 e. The van der Waals surface area contributed by atoms with Crippen molar-refractivity contribution >= 4 is 46.1 Å². The van der Waals surface area contributed by atoms with Crippen LogP contribution in [0.15, 0.2) is 61.2 Å². The number of pyridine rings is 2. The van der Waals surface area contributed by atoms with Gasteiger partial charge in [-0.2, -0.15) is 11.8 Å². The van der Waals surface area contributed by atoms with Crippen molar-refractivity contribution in [2.24, 2.45) is 5.92 Å². The molecule has 212 valence electrons. The van der Waals surface area contributed by atoms with E-state index in [0.717, 1.165) is 52.1 Å². The number of nitrogens with one attached hydrogen (secondary N) is 2. The summed E-state index contributed by atoms with van der Waals surface area (Å²) in [6.45, 7) is 3.61. The van der Waals surface area contributed by atoms with Crippen LogP contribution in [0.25, 0.3) is 22.2 Å². The number of thioether (sulfide) groups is 1. The van der Waals surface area contributed by atoms with E-state index >= 15 is 0 Å². The number of anilines is 2. The maximum atomic E-state index is 12.5. The third-order valence-corrected chi connectivity index (χ3v) is 8.43. The lowest BCUT2D eigenvalue weighted by atomic mass is 9.83. The van der Waals surface area contributed by atoms with E-state index in [0.29, 0.717) is 30.9 Å². The number of hydrogen-bond donors (Lipinski definition) is 2. The highest BCUT2D eigenvalue weighted by Crippen LogP contribution is 2.35. The Morgan fingerprint density at radius 2 is 1.95 bits per heavy atom. The van der Waals surface area contributed by atoms with Gasteiger partial charge in [-0.25, -0.2) is 15.0 Å². The van der Waals surface area contributed by atoms with Gasteiger partial charge in [-0.1, -0.05) is 25.1 Å². The second kappa shape index (κ2) is 13.1. The first-order valence-corrected chi connectivity index (χ1v) is 15.3. The average molecular weight is 570 g/mol. The van der Waals surface area contributed by atoms with Crippen LogP contribution in [0.5, 0.6) is 0 Å². The van der Waals surface area contributed by atoms with E-state index in [1.165, 1.54) is 0 Å². The number of nitrogens with zero attached hydrogens (tertiary/aromatic N) is 5. The van der Waals surface area contributed by atoms with Crippen LogP contribution in [-0.4, -0.2) is 63.9 Å². The van der Waals surface area contributed by atoms with E-state index < -0.39 is 0 Å². The summed E-state index contributed by atoms with van der Waals surface area (Å²) in [5.74, 6) is 2.86. The van der Waals surface area contributed by atoms with Crippen molar-refractivity contribution in [3.63, 3.8) is 0 Å². The van der Waals surface area contributed by atoms with Crippen molar-refractivity contribution in [1.29, 1.82) is 0 Å². The van der Waals surface area contributed by atoms with Crippen molar-refractivity contribution in [2.45, 2.75) is 32.1 Å². The standard InChI is InChI=1S/C31H35N7O2S/c1-4-22(23-7-5-8-24-25(31(40)32-2)11-13-34-30(23)24)21(18-41-3)17-35-27-16-26(36-19-37-27)20-10-12-33-28(15-20)38-14-6-9-29(38)39/h5,7-8,10-13,15-16,19,21-22H,4,6,9,14,17-18H2,1-3H3,(H,32,40)(H,35,36,37). The normalized spacial score (nSPS) is 14.7. The summed E-state index contributed by atoms with van der Waals surface area (Å²) in [7, 11) is 1.65. The van der Waals surface area contributed by atoms with Gasteiger partial charge in [0.2, 0.25) is 5.91 Å². The molecule has 1 aliphatic rings. The summed E-state index contributed by atoms with van der Waals surface area (Å²) in [5.41, 5.74) is 4.32. The van der Waals surface area contributed by atoms with Crippen LogP contribution in [0.1, 0.15) is 48.0 Å². The summed E-state index contributed by atoms with van der Waals surface area (Å²) in [5, 5.41) is 7.17. The van der Waals surface area contributed by atoms with Gasteiger partial charge in [0.1, 0.15) is 18.0 Å². The molecule has 0 aliphatic carbocycles. The highest BCUT2D eigenvalue weighted by molar-refractivity contribution is 7.98. The van der Waals surface area contributed by atoms with Gasteiger partial charge in [0, 0.05) is 56.0 Å². The van der Waals surface area contributed by atoms with Gasteiger partial charge in [-0.3, -0.25) is 19.5 Å². The van der Waals surface area contributed by atoms with E-state index in [4.69, 9.17) is 4.98 Å². The largest absolute Gasteiger partial charge is 0.370 e. The lowest BCUT2D eigenvalue weighted by Crippen LogP contribution is -2.25. The summed E-state index contributed by atoms with van der Waals surface area (Å²) < 4.78 is 0. The molecule has 5 rings (SSSR count). The maximum absolute atomic E-state index is 12.5. The molecule has 1 aliphatic heterocycles. The van der Waals surface area contributed by atoms with Crippen LogP contribution in [0, 0.1) is 5.92 Å². The number of amides is 2. The Hall–Kier alpha value is -4.05. The molecule has 4 aromatic rings. The van der Waals surface area contributed by atoms with Crippen LogP contribution in [0.2, 0.25) is 0 Å². The summed E-state index contributed by atoms with van der Waals surface area (Å²) >= 11 is 1.82. The second-order valence-corrected chi connectivity index (χ2v) is 11.0. The Morgan fingerprint density at radius 3 is 2.71 bits per heavy atom. The van der Waals surface area contributed by atoms with Crippen LogP contribution < -0.4 is 15.5 Å². The van der Waals surface area contributed by atoms with Gasteiger partial charge < -0.3 is 10.6 Å². The molecule has 0 bridgehead atoms. The molecule has 1 fully saturated rings. The predicted molar refractivity (Wildman–Crippen MR) is 165 cm³/mol. The number of benzene rings is 1. The third-order valence-electron chi connectivity index (χ3n) is 7.67. The minimum atomic E-state index is -0.113. The molecule has 2 unspecified atom stereocenters. The fourth-order valence-corrected chi connectivity index (χ4v) is 6.41. The first-order chi connectivity index (χ1) is 20.0. The van der Waals surface area contributed by atoms with Crippen LogP contribution in [0.4, 0.5) is 11.6 Å². The van der Waals surface area contributed by atoms with E-state index in [9.17, 15) is 9.59 Å². The Bertz CT molecular complexity index is 1550. The van der Waals surface area contributed by atoms with Crippen LogP contribution in [-0.2, 0) is 4.79 Å².